The smallest absolute Gasteiger partial charge is 0.321 e. The van der Waals surface area contributed by atoms with E-state index >= 15 is 0 Å². The first-order valence-corrected chi connectivity index (χ1v) is 6.44. The number of hydrogen-bond donors (Lipinski definition) is 2. The van der Waals surface area contributed by atoms with Crippen molar-refractivity contribution in [3.8, 4) is 5.75 Å². The SMILES string of the molecule is COc1ccc(NC(=O)N2CC(C(C)C(=O)O)C2)cc1. The molecular weight excluding hydrogens is 260 g/mol. The van der Waals surface area contributed by atoms with Gasteiger partial charge in [-0.3, -0.25) is 4.79 Å². The Balaban J connectivity index is 1.83. The van der Waals surface area contributed by atoms with Gasteiger partial charge in [0.15, 0.2) is 0 Å². The lowest BCUT2D eigenvalue weighted by Gasteiger charge is -2.41. The Bertz CT molecular complexity index is 494. The van der Waals surface area contributed by atoms with E-state index in [1.165, 1.54) is 0 Å². The fraction of sp³-hybridized carbons (Fsp3) is 0.429. The van der Waals surface area contributed by atoms with Crippen LogP contribution in [0.5, 0.6) is 5.75 Å². The Labute approximate surface area is 117 Å². The Hall–Kier alpha value is -2.24. The minimum absolute atomic E-state index is 0.0362. The van der Waals surface area contributed by atoms with Gasteiger partial charge >= 0.3 is 12.0 Å². The van der Waals surface area contributed by atoms with E-state index in [0.29, 0.717) is 18.8 Å². The molecule has 6 nitrogen and oxygen atoms in total. The van der Waals surface area contributed by atoms with Gasteiger partial charge in [-0.1, -0.05) is 6.92 Å². The van der Waals surface area contributed by atoms with Crippen LogP contribution in [-0.2, 0) is 4.79 Å². The van der Waals surface area contributed by atoms with Crippen LogP contribution in [0.1, 0.15) is 6.92 Å². The van der Waals surface area contributed by atoms with Gasteiger partial charge in [0.2, 0.25) is 0 Å². The minimum Gasteiger partial charge on any atom is -0.497 e. The largest absolute Gasteiger partial charge is 0.497 e. The maximum Gasteiger partial charge on any atom is 0.321 e. The number of benzene rings is 1. The lowest BCUT2D eigenvalue weighted by molar-refractivity contribution is -0.144. The van der Waals surface area contributed by atoms with Gasteiger partial charge in [-0.2, -0.15) is 0 Å². The van der Waals surface area contributed by atoms with E-state index in [1.54, 1.807) is 43.2 Å². The van der Waals surface area contributed by atoms with Crippen LogP contribution in [0.15, 0.2) is 24.3 Å². The maximum atomic E-state index is 11.9. The highest BCUT2D eigenvalue weighted by atomic mass is 16.5. The van der Waals surface area contributed by atoms with Crippen LogP contribution in [0.4, 0.5) is 10.5 Å². The zero-order valence-electron chi connectivity index (χ0n) is 11.5. The first-order valence-electron chi connectivity index (χ1n) is 6.44. The first-order chi connectivity index (χ1) is 9.51. The topological polar surface area (TPSA) is 78.9 Å². The molecule has 1 atom stereocenters. The molecule has 1 aromatic carbocycles. The van der Waals surface area contributed by atoms with Crippen molar-refractivity contribution < 1.29 is 19.4 Å². The number of rotatable bonds is 4. The second kappa shape index (κ2) is 5.81. The van der Waals surface area contributed by atoms with Crippen molar-refractivity contribution in [2.45, 2.75) is 6.92 Å². The molecule has 1 aliphatic heterocycles. The number of amides is 2. The lowest BCUT2D eigenvalue weighted by Crippen LogP contribution is -2.54. The summed E-state index contributed by atoms with van der Waals surface area (Å²) >= 11 is 0. The highest BCUT2D eigenvalue weighted by Gasteiger charge is 2.37. The summed E-state index contributed by atoms with van der Waals surface area (Å²) in [6.45, 7) is 2.64. The predicted molar refractivity (Wildman–Crippen MR) is 73.9 cm³/mol. The number of nitrogens with one attached hydrogen (secondary N) is 1. The van der Waals surface area contributed by atoms with Gasteiger partial charge in [-0.15, -0.1) is 0 Å². The first kappa shape index (κ1) is 14.2. The number of anilines is 1. The van der Waals surface area contributed by atoms with Gasteiger partial charge in [0.05, 0.1) is 13.0 Å². The molecule has 0 aliphatic carbocycles. The van der Waals surface area contributed by atoms with E-state index < -0.39 is 11.9 Å². The Morgan fingerprint density at radius 1 is 1.35 bits per heavy atom. The summed E-state index contributed by atoms with van der Waals surface area (Å²) in [5.41, 5.74) is 0.686. The third-order valence-electron chi connectivity index (χ3n) is 3.63. The van der Waals surface area contributed by atoms with Crippen LogP contribution in [-0.4, -0.2) is 42.2 Å². The highest BCUT2D eigenvalue weighted by molar-refractivity contribution is 5.90. The van der Waals surface area contributed by atoms with E-state index in [9.17, 15) is 9.59 Å². The van der Waals surface area contributed by atoms with Crippen LogP contribution in [0.3, 0.4) is 0 Å². The zero-order valence-corrected chi connectivity index (χ0v) is 11.5. The number of carbonyl (C=O) groups excluding carboxylic acids is 1. The molecule has 0 radical (unpaired) electrons. The molecule has 1 aromatic rings. The Morgan fingerprint density at radius 3 is 2.45 bits per heavy atom. The number of likely N-dealkylation sites (tertiary alicyclic amines) is 1. The normalized spacial score (nSPS) is 16.2. The Morgan fingerprint density at radius 2 is 1.95 bits per heavy atom. The van der Waals surface area contributed by atoms with Crippen LogP contribution < -0.4 is 10.1 Å². The molecule has 20 heavy (non-hydrogen) atoms. The van der Waals surface area contributed by atoms with Gasteiger partial charge in [0.25, 0.3) is 0 Å². The molecule has 1 aliphatic rings. The quantitative estimate of drug-likeness (QED) is 0.881. The van der Waals surface area contributed by atoms with Crippen molar-refractivity contribution in [1.82, 2.24) is 4.90 Å². The molecule has 1 saturated heterocycles. The molecule has 0 spiro atoms. The minimum atomic E-state index is -0.815. The molecule has 2 rings (SSSR count). The van der Waals surface area contributed by atoms with Gasteiger partial charge < -0.3 is 20.1 Å². The summed E-state index contributed by atoms with van der Waals surface area (Å²) in [4.78, 5) is 24.4. The number of carboxylic acid groups (broad SMARTS) is 1. The highest BCUT2D eigenvalue weighted by Crippen LogP contribution is 2.25. The van der Waals surface area contributed by atoms with Gasteiger partial charge in [-0.25, -0.2) is 4.79 Å². The molecule has 1 fully saturated rings. The average molecular weight is 278 g/mol. The van der Waals surface area contributed by atoms with Crippen molar-refractivity contribution >= 4 is 17.7 Å². The van der Waals surface area contributed by atoms with Crippen molar-refractivity contribution in [3.05, 3.63) is 24.3 Å². The zero-order chi connectivity index (χ0) is 14.7. The summed E-state index contributed by atoms with van der Waals surface area (Å²) in [6.07, 6.45) is 0. The molecule has 2 N–H and O–H groups in total. The summed E-state index contributed by atoms with van der Waals surface area (Å²) in [7, 11) is 1.58. The average Bonchev–Trinajstić information content (AvgIpc) is 2.37. The van der Waals surface area contributed by atoms with E-state index in [0.717, 1.165) is 5.75 Å². The molecule has 108 valence electrons. The molecule has 6 heteroatoms. The summed E-state index contributed by atoms with van der Waals surface area (Å²) in [5.74, 6) is -0.471. The van der Waals surface area contributed by atoms with Gasteiger partial charge in [0, 0.05) is 24.7 Å². The standard InChI is InChI=1S/C14H18N2O4/c1-9(13(17)18)10-7-16(8-10)14(19)15-11-3-5-12(20-2)6-4-11/h3-6,9-10H,7-8H2,1-2H3,(H,15,19)(H,17,18). The van der Waals surface area contributed by atoms with Gasteiger partial charge in [0.1, 0.15) is 5.75 Å². The van der Waals surface area contributed by atoms with Gasteiger partial charge in [-0.05, 0) is 24.3 Å². The van der Waals surface area contributed by atoms with Crippen molar-refractivity contribution in [3.63, 3.8) is 0 Å². The van der Waals surface area contributed by atoms with Crippen LogP contribution >= 0.6 is 0 Å². The van der Waals surface area contributed by atoms with E-state index in [-0.39, 0.29) is 11.9 Å². The molecule has 0 bridgehead atoms. The number of nitrogens with zero attached hydrogens (tertiary/aromatic N) is 1. The van der Waals surface area contributed by atoms with Crippen LogP contribution in [0, 0.1) is 11.8 Å². The van der Waals surface area contributed by atoms with E-state index in [1.807, 2.05) is 0 Å². The number of urea groups is 1. The second-order valence-electron chi connectivity index (χ2n) is 4.95. The molecule has 1 unspecified atom stereocenters. The molecule has 0 aromatic heterocycles. The monoisotopic (exact) mass is 278 g/mol. The van der Waals surface area contributed by atoms with Crippen molar-refractivity contribution in [1.29, 1.82) is 0 Å². The number of carboxylic acids is 1. The summed E-state index contributed by atoms with van der Waals surface area (Å²) < 4.78 is 5.04. The number of hydrogen-bond acceptors (Lipinski definition) is 3. The molecule has 1 heterocycles. The number of methoxy groups -OCH3 is 1. The van der Waals surface area contributed by atoms with Crippen LogP contribution in [0.25, 0.3) is 0 Å². The molecular formula is C14H18N2O4. The fourth-order valence-corrected chi connectivity index (χ4v) is 2.07. The fourth-order valence-electron chi connectivity index (χ4n) is 2.07. The maximum absolute atomic E-state index is 11.9. The molecule has 2 amide bonds. The Kier molecular flexibility index (Phi) is 4.12. The third-order valence-corrected chi connectivity index (χ3v) is 3.63. The van der Waals surface area contributed by atoms with Crippen molar-refractivity contribution in [2.75, 3.05) is 25.5 Å². The number of ether oxygens (including phenoxy) is 1. The summed E-state index contributed by atoms with van der Waals surface area (Å²) in [5, 5.41) is 11.7. The predicted octanol–water partition coefficient (Wildman–Crippen LogP) is 1.88. The lowest BCUT2D eigenvalue weighted by atomic mass is 9.87. The van der Waals surface area contributed by atoms with Crippen LogP contribution in [0.2, 0.25) is 0 Å². The summed E-state index contributed by atoms with van der Waals surface area (Å²) in [6, 6.07) is 6.84. The second-order valence-corrected chi connectivity index (χ2v) is 4.95. The molecule has 0 saturated carbocycles. The van der Waals surface area contributed by atoms with E-state index in [4.69, 9.17) is 9.84 Å². The van der Waals surface area contributed by atoms with Crippen molar-refractivity contribution in [2.24, 2.45) is 11.8 Å². The number of aliphatic carboxylic acids is 1. The third kappa shape index (κ3) is 3.01. The van der Waals surface area contributed by atoms with E-state index in [2.05, 4.69) is 5.32 Å². The number of carbonyl (C=O) groups is 2.